The summed E-state index contributed by atoms with van der Waals surface area (Å²) in [5.41, 5.74) is 2.43. The number of hydrogen-bond donors (Lipinski definition) is 3. The molecule has 0 aromatic carbocycles. The van der Waals surface area contributed by atoms with Crippen LogP contribution >= 0.6 is 15.9 Å². The summed E-state index contributed by atoms with van der Waals surface area (Å²) in [6, 6.07) is 0.432. The van der Waals surface area contributed by atoms with Crippen LogP contribution in [0.25, 0.3) is 0 Å². The number of rotatable bonds is 3. The van der Waals surface area contributed by atoms with Crippen molar-refractivity contribution in [3.8, 4) is 0 Å². The molecule has 1 atom stereocenters. The van der Waals surface area contributed by atoms with Crippen molar-refractivity contribution in [2.24, 2.45) is 5.84 Å². The Hall–Kier alpha value is -0.920. The van der Waals surface area contributed by atoms with Crippen molar-refractivity contribution < 1.29 is 0 Å². The highest BCUT2D eigenvalue weighted by atomic mass is 79.9. The topological polar surface area (TPSA) is 79.1 Å². The molecule has 4 N–H and O–H groups in total. The van der Waals surface area contributed by atoms with E-state index in [0.717, 1.165) is 29.8 Å². The van der Waals surface area contributed by atoms with E-state index in [4.69, 9.17) is 5.84 Å². The normalized spacial score (nSPS) is 21.1. The zero-order valence-electron chi connectivity index (χ0n) is 9.07. The number of nitrogen functional groups attached to an aromatic ring is 1. The standard InChI is InChI=1S/C9H15BrN6/c1-16-3-2-6(5-16)13-8-7(10)4-12-9(14-8)15-11/h4,6H,2-3,5,11H2,1H3,(H2,12,13,14,15). The van der Waals surface area contributed by atoms with Crippen molar-refractivity contribution in [2.45, 2.75) is 12.5 Å². The smallest absolute Gasteiger partial charge is 0.239 e. The summed E-state index contributed by atoms with van der Waals surface area (Å²) in [5, 5.41) is 3.38. The maximum atomic E-state index is 5.27. The Balaban J connectivity index is 2.08. The third-order valence-electron chi connectivity index (χ3n) is 2.61. The van der Waals surface area contributed by atoms with E-state index in [2.05, 4.69) is 48.6 Å². The van der Waals surface area contributed by atoms with Crippen LogP contribution in [0, 0.1) is 0 Å². The Morgan fingerprint density at radius 1 is 1.62 bits per heavy atom. The molecule has 0 saturated carbocycles. The fourth-order valence-corrected chi connectivity index (χ4v) is 2.09. The number of likely N-dealkylation sites (tertiary alicyclic amines) is 1. The maximum Gasteiger partial charge on any atom is 0.239 e. The third kappa shape index (κ3) is 2.60. The number of hydrazine groups is 1. The molecule has 1 aromatic rings. The van der Waals surface area contributed by atoms with E-state index in [-0.39, 0.29) is 0 Å². The zero-order valence-corrected chi connectivity index (χ0v) is 10.7. The van der Waals surface area contributed by atoms with Gasteiger partial charge in [0.2, 0.25) is 5.95 Å². The second kappa shape index (κ2) is 4.94. The number of nitrogens with one attached hydrogen (secondary N) is 2. The predicted octanol–water partition coefficient (Wildman–Crippen LogP) is 0.641. The number of halogens is 1. The first-order chi connectivity index (χ1) is 7.69. The molecule has 1 fully saturated rings. The van der Waals surface area contributed by atoms with Crippen LogP contribution in [0.5, 0.6) is 0 Å². The highest BCUT2D eigenvalue weighted by Gasteiger charge is 2.20. The molecule has 2 heterocycles. The van der Waals surface area contributed by atoms with Gasteiger partial charge in [-0.2, -0.15) is 4.98 Å². The minimum Gasteiger partial charge on any atom is -0.365 e. The molecule has 1 saturated heterocycles. The second-order valence-corrected chi connectivity index (χ2v) is 4.78. The van der Waals surface area contributed by atoms with Gasteiger partial charge < -0.3 is 10.2 Å². The van der Waals surface area contributed by atoms with E-state index >= 15 is 0 Å². The Morgan fingerprint density at radius 2 is 2.44 bits per heavy atom. The van der Waals surface area contributed by atoms with Gasteiger partial charge in [0.1, 0.15) is 5.82 Å². The van der Waals surface area contributed by atoms with Crippen molar-refractivity contribution in [1.29, 1.82) is 0 Å². The van der Waals surface area contributed by atoms with Crippen molar-refractivity contribution >= 4 is 27.7 Å². The molecule has 0 bridgehead atoms. The Labute approximate surface area is 103 Å². The summed E-state index contributed by atoms with van der Waals surface area (Å²) >= 11 is 3.41. The zero-order chi connectivity index (χ0) is 11.5. The van der Waals surface area contributed by atoms with Crippen molar-refractivity contribution in [1.82, 2.24) is 14.9 Å². The van der Waals surface area contributed by atoms with Crippen molar-refractivity contribution in [2.75, 3.05) is 30.9 Å². The first-order valence-electron chi connectivity index (χ1n) is 5.13. The minimum absolute atomic E-state index is 0.414. The molecule has 1 unspecified atom stereocenters. The fraction of sp³-hybridized carbons (Fsp3) is 0.556. The third-order valence-corrected chi connectivity index (χ3v) is 3.19. The van der Waals surface area contributed by atoms with Gasteiger partial charge in [0.15, 0.2) is 0 Å². The fourth-order valence-electron chi connectivity index (χ4n) is 1.78. The van der Waals surface area contributed by atoms with Gasteiger partial charge >= 0.3 is 0 Å². The van der Waals surface area contributed by atoms with E-state index in [1.807, 2.05) is 0 Å². The highest BCUT2D eigenvalue weighted by molar-refractivity contribution is 9.10. The van der Waals surface area contributed by atoms with Crippen molar-refractivity contribution in [3.63, 3.8) is 0 Å². The van der Waals surface area contributed by atoms with E-state index in [9.17, 15) is 0 Å². The van der Waals surface area contributed by atoms with Gasteiger partial charge in [-0.25, -0.2) is 10.8 Å². The Morgan fingerprint density at radius 3 is 3.06 bits per heavy atom. The predicted molar refractivity (Wildman–Crippen MR) is 67.1 cm³/mol. The van der Waals surface area contributed by atoms with Crippen LogP contribution in [-0.4, -0.2) is 41.0 Å². The van der Waals surface area contributed by atoms with Gasteiger partial charge in [0.25, 0.3) is 0 Å². The van der Waals surface area contributed by atoms with Gasteiger partial charge in [-0.3, -0.25) is 5.43 Å². The van der Waals surface area contributed by atoms with Crippen LogP contribution in [0.2, 0.25) is 0 Å². The monoisotopic (exact) mass is 286 g/mol. The molecule has 0 spiro atoms. The van der Waals surface area contributed by atoms with Gasteiger partial charge in [-0.15, -0.1) is 0 Å². The van der Waals surface area contributed by atoms with Crippen LogP contribution in [0.3, 0.4) is 0 Å². The lowest BCUT2D eigenvalue weighted by Crippen LogP contribution is -2.24. The number of hydrogen-bond acceptors (Lipinski definition) is 6. The summed E-state index contributed by atoms with van der Waals surface area (Å²) < 4.78 is 0.848. The molecule has 88 valence electrons. The first-order valence-corrected chi connectivity index (χ1v) is 5.92. The van der Waals surface area contributed by atoms with Crippen LogP contribution in [-0.2, 0) is 0 Å². The van der Waals surface area contributed by atoms with Gasteiger partial charge in [0, 0.05) is 18.8 Å². The molecule has 1 aliphatic rings. The average molecular weight is 287 g/mol. The van der Waals surface area contributed by atoms with Gasteiger partial charge in [-0.1, -0.05) is 0 Å². The van der Waals surface area contributed by atoms with Crippen LogP contribution in [0.15, 0.2) is 10.7 Å². The highest BCUT2D eigenvalue weighted by Crippen LogP contribution is 2.22. The van der Waals surface area contributed by atoms with E-state index < -0.39 is 0 Å². The Kier molecular flexibility index (Phi) is 3.57. The molecule has 0 aliphatic carbocycles. The lowest BCUT2D eigenvalue weighted by atomic mass is 10.2. The van der Waals surface area contributed by atoms with Crippen LogP contribution in [0.1, 0.15) is 6.42 Å². The van der Waals surface area contributed by atoms with Crippen molar-refractivity contribution in [3.05, 3.63) is 10.7 Å². The lowest BCUT2D eigenvalue weighted by Gasteiger charge is -2.14. The molecule has 1 aromatic heterocycles. The number of nitrogens with zero attached hydrogens (tertiary/aromatic N) is 3. The number of nitrogens with two attached hydrogens (primary N) is 1. The first kappa shape index (κ1) is 11.6. The summed E-state index contributed by atoms with van der Waals surface area (Å²) in [4.78, 5) is 10.5. The lowest BCUT2D eigenvalue weighted by molar-refractivity contribution is 0.414. The molecular weight excluding hydrogens is 272 g/mol. The second-order valence-electron chi connectivity index (χ2n) is 3.93. The molecule has 16 heavy (non-hydrogen) atoms. The molecule has 7 heteroatoms. The van der Waals surface area contributed by atoms with Crippen LogP contribution < -0.4 is 16.6 Å². The maximum absolute atomic E-state index is 5.27. The Bertz CT molecular complexity index is 371. The summed E-state index contributed by atoms with van der Waals surface area (Å²) in [6.45, 7) is 2.14. The van der Waals surface area contributed by atoms with E-state index in [1.165, 1.54) is 0 Å². The summed E-state index contributed by atoms with van der Waals surface area (Å²) in [6.07, 6.45) is 2.81. The van der Waals surface area contributed by atoms with E-state index in [1.54, 1.807) is 6.20 Å². The van der Waals surface area contributed by atoms with Gasteiger partial charge in [-0.05, 0) is 35.9 Å². The molecule has 0 amide bonds. The molecular formula is C9H15BrN6. The van der Waals surface area contributed by atoms with Gasteiger partial charge in [0.05, 0.1) is 4.47 Å². The minimum atomic E-state index is 0.414. The number of aromatic nitrogens is 2. The van der Waals surface area contributed by atoms with Crippen LogP contribution in [0.4, 0.5) is 11.8 Å². The molecule has 1 aliphatic heterocycles. The average Bonchev–Trinajstić information content (AvgIpc) is 2.67. The molecule has 6 nitrogen and oxygen atoms in total. The summed E-state index contributed by atoms with van der Waals surface area (Å²) in [5.74, 6) is 6.47. The SMILES string of the molecule is CN1CCC(Nc2nc(NN)ncc2Br)C1. The molecule has 2 rings (SSSR count). The number of anilines is 2. The number of likely N-dealkylation sites (N-methyl/N-ethyl adjacent to an activating group) is 1. The summed E-state index contributed by atoms with van der Waals surface area (Å²) in [7, 11) is 2.11. The van der Waals surface area contributed by atoms with E-state index in [0.29, 0.717) is 12.0 Å². The quantitative estimate of drug-likeness (QED) is 0.559. The molecule has 0 radical (unpaired) electrons. The largest absolute Gasteiger partial charge is 0.365 e.